The van der Waals surface area contributed by atoms with Crippen molar-refractivity contribution in [1.29, 1.82) is 0 Å². The molecule has 0 radical (unpaired) electrons. The molecule has 0 aliphatic rings. The Morgan fingerprint density at radius 3 is 2.29 bits per heavy atom. The van der Waals surface area contributed by atoms with E-state index in [1.807, 2.05) is 0 Å². The smallest absolute Gasteiger partial charge is 0.335 e. The van der Waals surface area contributed by atoms with Crippen LogP contribution in [0.5, 0.6) is 17.2 Å². The fourth-order valence-corrected chi connectivity index (χ4v) is 2.67. The van der Waals surface area contributed by atoms with Crippen LogP contribution in [0.15, 0.2) is 34.8 Å². The molecule has 0 amide bonds. The Hall–Kier alpha value is -2.21. The molecule has 2 aromatic rings. The Bertz CT molecular complexity index is 697. The summed E-state index contributed by atoms with van der Waals surface area (Å²) in [6, 6.07) is 7.63. The summed E-state index contributed by atoms with van der Waals surface area (Å²) in [5.41, 5.74) is 1.11. The number of phenols is 1. The Morgan fingerprint density at radius 2 is 1.76 bits per heavy atom. The van der Waals surface area contributed by atoms with E-state index >= 15 is 0 Å². The molecule has 0 aliphatic heterocycles. The molecule has 21 heavy (non-hydrogen) atoms. The maximum atomic E-state index is 10.9. The number of hydrogen-bond donors (Lipinski definition) is 2. The molecule has 6 heteroatoms. The van der Waals surface area contributed by atoms with E-state index in [1.54, 1.807) is 19.2 Å². The molecule has 0 unspecified atom stereocenters. The fourth-order valence-electron chi connectivity index (χ4n) is 2.00. The van der Waals surface area contributed by atoms with Gasteiger partial charge < -0.3 is 19.7 Å². The normalized spacial score (nSPS) is 10.2. The van der Waals surface area contributed by atoms with Crippen LogP contribution in [0.3, 0.4) is 0 Å². The van der Waals surface area contributed by atoms with Crippen molar-refractivity contribution in [2.45, 2.75) is 0 Å². The zero-order valence-electron chi connectivity index (χ0n) is 11.4. The first-order chi connectivity index (χ1) is 9.99. The zero-order valence-corrected chi connectivity index (χ0v) is 13.0. The minimum absolute atomic E-state index is 0.0165. The number of carbonyl (C=O) groups is 1. The SMILES string of the molecule is COc1ccc(-c2ccc(C(=O)O)cc2O)c(OC)c1Br. The van der Waals surface area contributed by atoms with Gasteiger partial charge in [0.25, 0.3) is 0 Å². The molecule has 0 saturated heterocycles. The van der Waals surface area contributed by atoms with E-state index in [0.717, 1.165) is 0 Å². The fraction of sp³-hybridized carbons (Fsp3) is 0.133. The third-order valence-corrected chi connectivity index (χ3v) is 3.77. The number of ether oxygens (including phenoxy) is 2. The van der Waals surface area contributed by atoms with Crippen molar-refractivity contribution in [3.63, 3.8) is 0 Å². The highest BCUT2D eigenvalue weighted by Crippen LogP contribution is 2.44. The van der Waals surface area contributed by atoms with Crippen LogP contribution in [-0.4, -0.2) is 30.4 Å². The molecule has 2 rings (SSSR count). The lowest BCUT2D eigenvalue weighted by Gasteiger charge is -2.14. The molecule has 0 heterocycles. The lowest BCUT2D eigenvalue weighted by Crippen LogP contribution is -1.97. The number of rotatable bonds is 4. The second kappa shape index (κ2) is 6.05. The second-order valence-corrected chi connectivity index (χ2v) is 4.99. The van der Waals surface area contributed by atoms with Gasteiger partial charge in [0, 0.05) is 11.1 Å². The molecular formula is C15H13BrO5. The molecule has 2 aromatic carbocycles. The molecular weight excluding hydrogens is 340 g/mol. The number of benzene rings is 2. The van der Waals surface area contributed by atoms with Crippen LogP contribution in [-0.2, 0) is 0 Å². The van der Waals surface area contributed by atoms with Gasteiger partial charge in [-0.1, -0.05) is 0 Å². The topological polar surface area (TPSA) is 76.0 Å². The number of halogens is 1. The first-order valence-electron chi connectivity index (χ1n) is 5.96. The number of phenolic OH excluding ortho intramolecular Hbond substituents is 1. The molecule has 2 N–H and O–H groups in total. The summed E-state index contributed by atoms with van der Waals surface area (Å²) in [6.45, 7) is 0. The summed E-state index contributed by atoms with van der Waals surface area (Å²) < 4.78 is 11.2. The van der Waals surface area contributed by atoms with Gasteiger partial charge in [0.2, 0.25) is 0 Å². The van der Waals surface area contributed by atoms with Crippen LogP contribution in [0.2, 0.25) is 0 Å². The van der Waals surface area contributed by atoms with E-state index < -0.39 is 5.97 Å². The molecule has 5 nitrogen and oxygen atoms in total. The minimum atomic E-state index is -1.10. The third kappa shape index (κ3) is 2.80. The zero-order chi connectivity index (χ0) is 15.6. The molecule has 0 aromatic heterocycles. The largest absolute Gasteiger partial charge is 0.507 e. The number of hydrogen-bond acceptors (Lipinski definition) is 4. The van der Waals surface area contributed by atoms with Crippen LogP contribution < -0.4 is 9.47 Å². The molecule has 0 aliphatic carbocycles. The van der Waals surface area contributed by atoms with E-state index in [2.05, 4.69) is 15.9 Å². The van der Waals surface area contributed by atoms with E-state index in [0.29, 0.717) is 27.1 Å². The van der Waals surface area contributed by atoms with Crippen LogP contribution in [0, 0.1) is 0 Å². The predicted octanol–water partition coefficient (Wildman–Crippen LogP) is 3.54. The van der Waals surface area contributed by atoms with E-state index in [4.69, 9.17) is 14.6 Å². The molecule has 0 saturated carbocycles. The molecule has 110 valence electrons. The van der Waals surface area contributed by atoms with Crippen molar-refractivity contribution >= 4 is 21.9 Å². The van der Waals surface area contributed by atoms with Gasteiger partial charge in [-0.2, -0.15) is 0 Å². The number of methoxy groups -OCH3 is 2. The number of aromatic carboxylic acids is 1. The Kier molecular flexibility index (Phi) is 4.37. The summed E-state index contributed by atoms with van der Waals surface area (Å²) in [6.07, 6.45) is 0. The van der Waals surface area contributed by atoms with Crippen LogP contribution in [0.25, 0.3) is 11.1 Å². The first kappa shape index (κ1) is 15.2. The van der Waals surface area contributed by atoms with Crippen LogP contribution in [0.1, 0.15) is 10.4 Å². The van der Waals surface area contributed by atoms with Crippen molar-refractivity contribution in [2.24, 2.45) is 0 Å². The van der Waals surface area contributed by atoms with Crippen LogP contribution in [0.4, 0.5) is 0 Å². The summed E-state index contributed by atoms with van der Waals surface area (Å²) in [5, 5.41) is 19.0. The highest BCUT2D eigenvalue weighted by molar-refractivity contribution is 9.10. The summed E-state index contributed by atoms with van der Waals surface area (Å²) in [7, 11) is 3.05. The number of carboxylic acid groups (broad SMARTS) is 1. The Balaban J connectivity index is 2.62. The van der Waals surface area contributed by atoms with Gasteiger partial charge in [0.15, 0.2) is 0 Å². The maximum Gasteiger partial charge on any atom is 0.335 e. The predicted molar refractivity (Wildman–Crippen MR) is 81.3 cm³/mol. The van der Waals surface area contributed by atoms with Gasteiger partial charge in [-0.25, -0.2) is 4.79 Å². The van der Waals surface area contributed by atoms with Crippen molar-refractivity contribution < 1.29 is 24.5 Å². The number of aromatic hydroxyl groups is 1. The molecule has 0 spiro atoms. The summed E-state index contributed by atoms with van der Waals surface area (Å²) in [5.74, 6) is -0.144. The second-order valence-electron chi connectivity index (χ2n) is 4.20. The minimum Gasteiger partial charge on any atom is -0.507 e. The van der Waals surface area contributed by atoms with Crippen LogP contribution >= 0.6 is 15.9 Å². The van der Waals surface area contributed by atoms with E-state index in [9.17, 15) is 9.90 Å². The van der Waals surface area contributed by atoms with Gasteiger partial charge >= 0.3 is 5.97 Å². The van der Waals surface area contributed by atoms with E-state index in [-0.39, 0.29) is 11.3 Å². The lowest BCUT2D eigenvalue weighted by molar-refractivity contribution is 0.0696. The average Bonchev–Trinajstić information content (AvgIpc) is 2.46. The van der Waals surface area contributed by atoms with Gasteiger partial charge in [-0.3, -0.25) is 0 Å². The Labute approximate surface area is 129 Å². The first-order valence-corrected chi connectivity index (χ1v) is 6.76. The van der Waals surface area contributed by atoms with E-state index in [1.165, 1.54) is 25.3 Å². The number of carboxylic acids is 1. The van der Waals surface area contributed by atoms with Gasteiger partial charge in [0.05, 0.1) is 19.8 Å². The van der Waals surface area contributed by atoms with Gasteiger partial charge in [0.1, 0.15) is 21.7 Å². The highest BCUT2D eigenvalue weighted by Gasteiger charge is 2.17. The monoisotopic (exact) mass is 352 g/mol. The maximum absolute atomic E-state index is 10.9. The van der Waals surface area contributed by atoms with Crippen molar-refractivity contribution in [3.05, 3.63) is 40.4 Å². The third-order valence-electron chi connectivity index (χ3n) is 3.02. The molecule has 0 fully saturated rings. The lowest BCUT2D eigenvalue weighted by atomic mass is 10.0. The van der Waals surface area contributed by atoms with Crippen molar-refractivity contribution in [2.75, 3.05) is 14.2 Å². The molecule has 0 atom stereocenters. The molecule has 0 bridgehead atoms. The quantitative estimate of drug-likeness (QED) is 0.879. The average molecular weight is 353 g/mol. The summed E-state index contributed by atoms with van der Waals surface area (Å²) >= 11 is 3.39. The standard InChI is InChI=1S/C15H13BrO5/c1-20-12-6-5-10(14(21-2)13(12)16)9-4-3-8(15(18)19)7-11(9)17/h3-7,17H,1-2H3,(H,18,19). The highest BCUT2D eigenvalue weighted by atomic mass is 79.9. The van der Waals surface area contributed by atoms with Gasteiger partial charge in [-0.05, 0) is 46.3 Å². The van der Waals surface area contributed by atoms with Crippen molar-refractivity contribution in [1.82, 2.24) is 0 Å². The summed E-state index contributed by atoms with van der Waals surface area (Å²) in [4.78, 5) is 10.9. The Morgan fingerprint density at radius 1 is 1.10 bits per heavy atom. The van der Waals surface area contributed by atoms with Gasteiger partial charge in [-0.15, -0.1) is 0 Å². The van der Waals surface area contributed by atoms with Crippen molar-refractivity contribution in [3.8, 4) is 28.4 Å².